The van der Waals surface area contributed by atoms with Crippen LogP contribution in [0.4, 0.5) is 4.39 Å². The molecule has 0 bridgehead atoms. The van der Waals surface area contributed by atoms with Crippen molar-refractivity contribution in [1.29, 1.82) is 0 Å². The van der Waals surface area contributed by atoms with Gasteiger partial charge in [-0.05, 0) is 24.6 Å². The molecule has 0 atom stereocenters. The van der Waals surface area contributed by atoms with E-state index in [0.29, 0.717) is 31.7 Å². The fourth-order valence-corrected chi connectivity index (χ4v) is 3.54. The van der Waals surface area contributed by atoms with Crippen LogP contribution in [0.1, 0.15) is 12.0 Å². The minimum atomic E-state index is -3.87. The molecule has 0 amide bonds. The number of hydrogen-bond donors (Lipinski definition) is 1. The van der Waals surface area contributed by atoms with Crippen LogP contribution in [0.5, 0.6) is 0 Å². The molecule has 2 rings (SSSR count). The summed E-state index contributed by atoms with van der Waals surface area (Å²) in [5, 5.41) is 8.60. The number of benzene rings is 1. The van der Waals surface area contributed by atoms with Crippen LogP contribution in [-0.4, -0.2) is 50.7 Å². The Morgan fingerprint density at radius 1 is 1.33 bits per heavy atom. The van der Waals surface area contributed by atoms with Crippen LogP contribution in [-0.2, 0) is 14.8 Å². The molecule has 1 aliphatic rings. The summed E-state index contributed by atoms with van der Waals surface area (Å²) in [6, 6.07) is 3.69. The monoisotopic (exact) mass is 313 g/mol. The summed E-state index contributed by atoms with van der Waals surface area (Å²) in [5.41, 5.74) is 0.319. The largest absolute Gasteiger partial charge is 0.384 e. The Kier molecular flexibility index (Phi) is 5.31. The number of sulfonamides is 1. The predicted octanol–water partition coefficient (Wildman–Crippen LogP) is 0.581. The van der Waals surface area contributed by atoms with E-state index in [2.05, 4.69) is 11.8 Å². The van der Waals surface area contributed by atoms with Crippen molar-refractivity contribution in [2.24, 2.45) is 0 Å². The van der Waals surface area contributed by atoms with Gasteiger partial charge in [-0.1, -0.05) is 11.8 Å². The number of ether oxygens (including phenoxy) is 1. The van der Waals surface area contributed by atoms with Crippen molar-refractivity contribution in [2.75, 3.05) is 32.9 Å². The van der Waals surface area contributed by atoms with Gasteiger partial charge >= 0.3 is 0 Å². The molecule has 0 aromatic heterocycles. The second-order valence-corrected chi connectivity index (χ2v) is 6.38. The molecule has 1 heterocycles. The lowest BCUT2D eigenvalue weighted by atomic mass is 10.2. The molecule has 1 N–H and O–H groups in total. The summed E-state index contributed by atoms with van der Waals surface area (Å²) in [7, 11) is -3.87. The molecule has 21 heavy (non-hydrogen) atoms. The van der Waals surface area contributed by atoms with Gasteiger partial charge in [0.15, 0.2) is 0 Å². The van der Waals surface area contributed by atoms with Crippen molar-refractivity contribution in [3.05, 3.63) is 29.6 Å². The van der Waals surface area contributed by atoms with E-state index in [1.54, 1.807) is 0 Å². The summed E-state index contributed by atoms with van der Waals surface area (Å²) in [6.45, 7) is 1.00. The average molecular weight is 313 g/mol. The summed E-state index contributed by atoms with van der Waals surface area (Å²) in [5.74, 6) is 4.08. The van der Waals surface area contributed by atoms with Crippen molar-refractivity contribution in [3.8, 4) is 11.8 Å². The molecule has 1 aliphatic heterocycles. The summed E-state index contributed by atoms with van der Waals surface area (Å²) < 4.78 is 45.4. The molecule has 0 aliphatic carbocycles. The number of aliphatic hydroxyl groups excluding tert-OH is 1. The molecule has 1 fully saturated rings. The summed E-state index contributed by atoms with van der Waals surface area (Å²) in [4.78, 5) is -0.362. The number of hydrogen-bond acceptors (Lipinski definition) is 4. The zero-order valence-electron chi connectivity index (χ0n) is 11.4. The van der Waals surface area contributed by atoms with Crippen molar-refractivity contribution in [3.63, 3.8) is 0 Å². The number of aliphatic hydroxyl groups is 1. The minimum absolute atomic E-state index is 0.216. The van der Waals surface area contributed by atoms with E-state index < -0.39 is 15.8 Å². The topological polar surface area (TPSA) is 66.8 Å². The van der Waals surface area contributed by atoms with Gasteiger partial charge in [0.05, 0.1) is 6.61 Å². The van der Waals surface area contributed by atoms with Crippen molar-refractivity contribution in [1.82, 2.24) is 4.31 Å². The predicted molar refractivity (Wildman–Crippen MR) is 74.6 cm³/mol. The van der Waals surface area contributed by atoms with Gasteiger partial charge in [-0.15, -0.1) is 0 Å². The first-order valence-corrected chi connectivity index (χ1v) is 7.97. The second kappa shape index (κ2) is 7.00. The third-order valence-corrected chi connectivity index (χ3v) is 4.97. The van der Waals surface area contributed by atoms with Crippen LogP contribution in [0.2, 0.25) is 0 Å². The highest BCUT2D eigenvalue weighted by molar-refractivity contribution is 7.89. The average Bonchev–Trinajstić information content (AvgIpc) is 2.74. The third kappa shape index (κ3) is 3.80. The van der Waals surface area contributed by atoms with E-state index in [4.69, 9.17) is 9.84 Å². The van der Waals surface area contributed by atoms with E-state index in [-0.39, 0.29) is 18.0 Å². The van der Waals surface area contributed by atoms with E-state index in [1.165, 1.54) is 16.4 Å². The summed E-state index contributed by atoms with van der Waals surface area (Å²) >= 11 is 0. The SMILES string of the molecule is O=S(=O)(c1ccc(C#CCO)cc1F)N1CCCOCC1. The molecule has 1 aromatic carbocycles. The van der Waals surface area contributed by atoms with Crippen LogP contribution in [0.3, 0.4) is 0 Å². The Balaban J connectivity index is 2.31. The second-order valence-electron chi connectivity index (χ2n) is 4.48. The fraction of sp³-hybridized carbons (Fsp3) is 0.429. The van der Waals surface area contributed by atoms with Crippen LogP contribution < -0.4 is 0 Å². The number of rotatable bonds is 2. The van der Waals surface area contributed by atoms with Crippen molar-refractivity contribution >= 4 is 10.0 Å². The van der Waals surface area contributed by atoms with Crippen LogP contribution >= 0.6 is 0 Å². The lowest BCUT2D eigenvalue weighted by Crippen LogP contribution is -2.33. The zero-order chi connectivity index (χ0) is 15.3. The standard InChI is InChI=1S/C14H16FNO4S/c15-13-11-12(3-1-8-17)4-5-14(13)21(18,19)16-6-2-9-20-10-7-16/h4-5,11,17H,2,6-10H2. The number of nitrogens with zero attached hydrogens (tertiary/aromatic N) is 1. The molecule has 5 nitrogen and oxygen atoms in total. The highest BCUT2D eigenvalue weighted by Gasteiger charge is 2.28. The van der Waals surface area contributed by atoms with Gasteiger partial charge in [-0.2, -0.15) is 4.31 Å². The molecule has 1 saturated heterocycles. The molecule has 1 aromatic rings. The smallest absolute Gasteiger partial charge is 0.246 e. The maximum Gasteiger partial charge on any atom is 0.246 e. The first-order valence-electron chi connectivity index (χ1n) is 6.53. The van der Waals surface area contributed by atoms with Crippen LogP contribution in [0.15, 0.2) is 23.1 Å². The van der Waals surface area contributed by atoms with E-state index in [1.807, 2.05) is 0 Å². The molecule has 7 heteroatoms. The minimum Gasteiger partial charge on any atom is -0.384 e. The van der Waals surface area contributed by atoms with Gasteiger partial charge in [0.1, 0.15) is 17.3 Å². The third-order valence-electron chi connectivity index (χ3n) is 3.04. The highest BCUT2D eigenvalue weighted by atomic mass is 32.2. The lowest BCUT2D eigenvalue weighted by Gasteiger charge is -2.19. The molecule has 0 unspecified atom stereocenters. The van der Waals surface area contributed by atoms with Gasteiger partial charge in [-0.3, -0.25) is 0 Å². The molecule has 0 radical (unpaired) electrons. The Morgan fingerprint density at radius 2 is 2.14 bits per heavy atom. The Bertz CT molecular complexity index is 655. The first-order chi connectivity index (χ1) is 10.1. The maximum absolute atomic E-state index is 14.1. The fourth-order valence-electron chi connectivity index (χ4n) is 2.03. The molecular formula is C14H16FNO4S. The maximum atomic E-state index is 14.1. The van der Waals surface area contributed by atoms with E-state index >= 15 is 0 Å². The van der Waals surface area contributed by atoms with Gasteiger partial charge in [0.2, 0.25) is 10.0 Å². The molecule has 0 spiro atoms. The summed E-state index contributed by atoms with van der Waals surface area (Å²) in [6.07, 6.45) is 0.584. The quantitative estimate of drug-likeness (QED) is 0.811. The molecular weight excluding hydrogens is 297 g/mol. The molecule has 0 saturated carbocycles. The van der Waals surface area contributed by atoms with Crippen LogP contribution in [0.25, 0.3) is 0 Å². The Labute approximate surface area is 123 Å². The Morgan fingerprint density at radius 3 is 2.86 bits per heavy atom. The van der Waals surface area contributed by atoms with Gasteiger partial charge in [0.25, 0.3) is 0 Å². The number of halogens is 1. The highest BCUT2D eigenvalue weighted by Crippen LogP contribution is 2.21. The Hall–Kier alpha value is -1.46. The van der Waals surface area contributed by atoms with Gasteiger partial charge < -0.3 is 9.84 Å². The van der Waals surface area contributed by atoms with E-state index in [9.17, 15) is 12.8 Å². The van der Waals surface area contributed by atoms with Crippen LogP contribution in [0, 0.1) is 17.7 Å². The zero-order valence-corrected chi connectivity index (χ0v) is 12.2. The van der Waals surface area contributed by atoms with Crippen molar-refractivity contribution in [2.45, 2.75) is 11.3 Å². The normalized spacial score (nSPS) is 16.9. The lowest BCUT2D eigenvalue weighted by molar-refractivity contribution is 0.148. The van der Waals surface area contributed by atoms with Gasteiger partial charge in [0, 0.05) is 25.3 Å². The van der Waals surface area contributed by atoms with Gasteiger partial charge in [-0.25, -0.2) is 12.8 Å². The first kappa shape index (κ1) is 15.9. The van der Waals surface area contributed by atoms with Crippen molar-refractivity contribution < 1.29 is 22.7 Å². The van der Waals surface area contributed by atoms with E-state index in [0.717, 1.165) is 6.07 Å². The molecule has 114 valence electrons.